The van der Waals surface area contributed by atoms with Crippen LogP contribution in [0.4, 0.5) is 10.2 Å². The van der Waals surface area contributed by atoms with Gasteiger partial charge >= 0.3 is 0 Å². The van der Waals surface area contributed by atoms with Crippen LogP contribution < -0.4 is 4.90 Å². The molecule has 2 aromatic rings. The number of likely N-dealkylation sites (tertiary alicyclic amines) is 1. The Hall–Kier alpha value is -2.17. The van der Waals surface area contributed by atoms with Gasteiger partial charge in [-0.1, -0.05) is 0 Å². The van der Waals surface area contributed by atoms with E-state index in [1.54, 1.807) is 0 Å². The highest BCUT2D eigenvalue weighted by Crippen LogP contribution is 2.43. The van der Waals surface area contributed by atoms with Crippen LogP contribution in [0, 0.1) is 18.2 Å². The largest absolute Gasteiger partial charge is 0.356 e. The molecule has 0 N–H and O–H groups in total. The van der Waals surface area contributed by atoms with Gasteiger partial charge in [-0.3, -0.25) is 4.79 Å². The number of benzene rings is 1. The van der Waals surface area contributed by atoms with Crippen LogP contribution in [0.15, 0.2) is 24.3 Å². The Bertz CT molecular complexity index is 910. The topological polar surface area (TPSA) is 36.4 Å². The SMILES string of the molecule is Cc1cc(N2CCCC3(CCC(=O)N(C4CC4)C3)C2)nc2cc(F)ccc12. The van der Waals surface area contributed by atoms with E-state index in [9.17, 15) is 9.18 Å². The zero-order valence-electron chi connectivity index (χ0n) is 15.9. The minimum absolute atomic E-state index is 0.182. The van der Waals surface area contributed by atoms with Gasteiger partial charge in [0, 0.05) is 49.0 Å². The van der Waals surface area contributed by atoms with Crippen molar-refractivity contribution < 1.29 is 9.18 Å². The molecule has 1 aromatic carbocycles. The van der Waals surface area contributed by atoms with Gasteiger partial charge in [0.25, 0.3) is 0 Å². The number of aryl methyl sites for hydroxylation is 1. The van der Waals surface area contributed by atoms with Crippen molar-refractivity contribution >= 4 is 22.6 Å². The van der Waals surface area contributed by atoms with Gasteiger partial charge in [-0.05, 0) is 62.8 Å². The number of carbonyl (C=O) groups is 1. The van der Waals surface area contributed by atoms with Crippen molar-refractivity contribution in [2.24, 2.45) is 5.41 Å². The molecule has 3 fully saturated rings. The van der Waals surface area contributed by atoms with Crippen LogP contribution in [0.25, 0.3) is 10.9 Å². The molecule has 27 heavy (non-hydrogen) atoms. The summed E-state index contributed by atoms with van der Waals surface area (Å²) in [5.74, 6) is 1.04. The zero-order chi connectivity index (χ0) is 18.6. The number of amides is 1. The average molecular weight is 367 g/mol. The van der Waals surface area contributed by atoms with Crippen molar-refractivity contribution in [2.45, 2.75) is 51.5 Å². The van der Waals surface area contributed by atoms with Gasteiger partial charge in [-0.15, -0.1) is 0 Å². The standard InChI is InChI=1S/C22H26FN3O/c1-15-11-20(24-19-12-16(23)3-6-18(15)19)25-10-2-8-22(13-25)9-7-21(27)26(14-22)17-4-5-17/h3,6,11-12,17H,2,4-5,7-10,13-14H2,1H3. The molecule has 3 heterocycles. The zero-order valence-corrected chi connectivity index (χ0v) is 15.9. The Morgan fingerprint density at radius 3 is 2.85 bits per heavy atom. The van der Waals surface area contributed by atoms with Crippen LogP contribution in [-0.2, 0) is 4.79 Å². The number of anilines is 1. The van der Waals surface area contributed by atoms with E-state index in [1.807, 2.05) is 6.07 Å². The first-order valence-corrected chi connectivity index (χ1v) is 10.1. The van der Waals surface area contributed by atoms with Gasteiger partial charge in [0.15, 0.2) is 0 Å². The van der Waals surface area contributed by atoms with E-state index < -0.39 is 0 Å². The summed E-state index contributed by atoms with van der Waals surface area (Å²) in [6.45, 7) is 4.89. The number of pyridine rings is 1. The molecule has 1 saturated carbocycles. The van der Waals surface area contributed by atoms with Gasteiger partial charge in [-0.25, -0.2) is 9.37 Å². The summed E-state index contributed by atoms with van der Waals surface area (Å²) in [4.78, 5) is 21.6. The first kappa shape index (κ1) is 17.0. The molecule has 1 spiro atoms. The molecule has 1 amide bonds. The smallest absolute Gasteiger partial charge is 0.222 e. The van der Waals surface area contributed by atoms with Crippen molar-refractivity contribution in [3.8, 4) is 0 Å². The first-order valence-electron chi connectivity index (χ1n) is 10.1. The van der Waals surface area contributed by atoms with Crippen LogP contribution in [-0.4, -0.2) is 41.5 Å². The Balaban J connectivity index is 1.44. The molecule has 2 aliphatic heterocycles. The third kappa shape index (κ3) is 3.07. The molecular weight excluding hydrogens is 341 g/mol. The molecule has 4 nitrogen and oxygen atoms in total. The van der Waals surface area contributed by atoms with Crippen molar-refractivity contribution in [1.29, 1.82) is 0 Å². The number of fused-ring (bicyclic) bond motifs is 1. The predicted octanol–water partition coefficient (Wildman–Crippen LogP) is 4.05. The number of halogens is 1. The molecule has 1 aromatic heterocycles. The molecule has 1 unspecified atom stereocenters. The second kappa shape index (κ2) is 6.18. The lowest BCUT2D eigenvalue weighted by Gasteiger charge is -2.48. The van der Waals surface area contributed by atoms with Crippen LogP contribution >= 0.6 is 0 Å². The van der Waals surface area contributed by atoms with Crippen molar-refractivity contribution in [1.82, 2.24) is 9.88 Å². The maximum atomic E-state index is 13.7. The monoisotopic (exact) mass is 367 g/mol. The Morgan fingerprint density at radius 2 is 2.04 bits per heavy atom. The van der Waals surface area contributed by atoms with E-state index in [0.717, 1.165) is 54.8 Å². The van der Waals surface area contributed by atoms with Crippen LogP contribution in [0.1, 0.15) is 44.1 Å². The fraction of sp³-hybridized carbons (Fsp3) is 0.545. The van der Waals surface area contributed by atoms with E-state index in [1.165, 1.54) is 31.4 Å². The lowest BCUT2D eigenvalue weighted by molar-refractivity contribution is -0.138. The molecule has 0 radical (unpaired) electrons. The quantitative estimate of drug-likeness (QED) is 0.803. The van der Waals surface area contributed by atoms with E-state index >= 15 is 0 Å². The molecule has 5 rings (SSSR count). The number of aromatic nitrogens is 1. The third-order valence-electron chi connectivity index (χ3n) is 6.63. The Morgan fingerprint density at radius 1 is 1.19 bits per heavy atom. The summed E-state index contributed by atoms with van der Waals surface area (Å²) in [5, 5.41) is 1.01. The second-order valence-corrected chi connectivity index (χ2v) is 8.74. The number of hydrogen-bond donors (Lipinski definition) is 0. The highest BCUT2D eigenvalue weighted by Gasteiger charge is 2.45. The minimum atomic E-state index is -0.243. The number of carbonyl (C=O) groups excluding carboxylic acids is 1. The summed E-state index contributed by atoms with van der Waals surface area (Å²) in [6, 6.07) is 7.47. The van der Waals surface area contributed by atoms with Gasteiger partial charge in [0.05, 0.1) is 5.52 Å². The van der Waals surface area contributed by atoms with Gasteiger partial charge in [0.2, 0.25) is 5.91 Å². The molecule has 1 atom stereocenters. The Kier molecular flexibility index (Phi) is 3.88. The summed E-state index contributed by atoms with van der Waals surface area (Å²) in [7, 11) is 0. The lowest BCUT2D eigenvalue weighted by Crippen LogP contribution is -2.54. The van der Waals surface area contributed by atoms with E-state index in [-0.39, 0.29) is 11.2 Å². The summed E-state index contributed by atoms with van der Waals surface area (Å²) < 4.78 is 13.7. The highest BCUT2D eigenvalue weighted by atomic mass is 19.1. The van der Waals surface area contributed by atoms with Gasteiger partial charge < -0.3 is 9.80 Å². The molecule has 1 aliphatic carbocycles. The average Bonchev–Trinajstić information content (AvgIpc) is 3.49. The van der Waals surface area contributed by atoms with Crippen molar-refractivity contribution in [3.05, 3.63) is 35.6 Å². The molecule has 142 valence electrons. The Labute approximate surface area is 159 Å². The molecule has 0 bridgehead atoms. The maximum Gasteiger partial charge on any atom is 0.222 e. The van der Waals surface area contributed by atoms with Crippen LogP contribution in [0.2, 0.25) is 0 Å². The first-order chi connectivity index (χ1) is 13.0. The van der Waals surface area contributed by atoms with E-state index in [2.05, 4.69) is 22.8 Å². The van der Waals surface area contributed by atoms with E-state index in [4.69, 9.17) is 4.98 Å². The normalized spacial score (nSPS) is 26.2. The fourth-order valence-electron chi connectivity index (χ4n) is 5.02. The van der Waals surface area contributed by atoms with Gasteiger partial charge in [0.1, 0.15) is 11.6 Å². The summed E-state index contributed by atoms with van der Waals surface area (Å²) in [6.07, 6.45) is 6.30. The molecule has 3 aliphatic rings. The van der Waals surface area contributed by atoms with Crippen molar-refractivity contribution in [3.63, 3.8) is 0 Å². The number of hydrogen-bond acceptors (Lipinski definition) is 3. The summed E-state index contributed by atoms with van der Waals surface area (Å²) in [5.41, 5.74) is 2.04. The minimum Gasteiger partial charge on any atom is -0.356 e. The molecule has 5 heteroatoms. The highest BCUT2D eigenvalue weighted by molar-refractivity contribution is 5.84. The third-order valence-corrected chi connectivity index (χ3v) is 6.63. The number of nitrogens with zero attached hydrogens (tertiary/aromatic N) is 3. The van der Waals surface area contributed by atoms with Crippen LogP contribution in [0.3, 0.4) is 0 Å². The number of piperidine rings is 2. The van der Waals surface area contributed by atoms with Crippen LogP contribution in [0.5, 0.6) is 0 Å². The predicted molar refractivity (Wildman–Crippen MR) is 104 cm³/mol. The van der Waals surface area contributed by atoms with Crippen molar-refractivity contribution in [2.75, 3.05) is 24.5 Å². The molecular formula is C22H26FN3O. The maximum absolute atomic E-state index is 13.7. The number of rotatable bonds is 2. The van der Waals surface area contributed by atoms with E-state index in [0.29, 0.717) is 18.4 Å². The summed E-state index contributed by atoms with van der Waals surface area (Å²) >= 11 is 0. The molecule has 2 saturated heterocycles. The van der Waals surface area contributed by atoms with Gasteiger partial charge in [-0.2, -0.15) is 0 Å². The lowest BCUT2D eigenvalue weighted by atomic mass is 9.73. The second-order valence-electron chi connectivity index (χ2n) is 8.74. The fourth-order valence-corrected chi connectivity index (χ4v) is 5.02.